The Morgan fingerprint density at radius 1 is 0.943 bits per heavy atom. The molecule has 3 saturated carbocycles. The number of hydrogen-bond donors (Lipinski definition) is 3. The molecule has 184 valence electrons. The predicted octanol–water partition coefficient (Wildman–Crippen LogP) is 4.60. The number of fused-ring (bicyclic) bond motifs is 6. The summed E-state index contributed by atoms with van der Waals surface area (Å²) in [6, 6.07) is 16.0. The molecule has 0 radical (unpaired) electrons. The van der Waals surface area contributed by atoms with Gasteiger partial charge in [0.1, 0.15) is 6.61 Å². The van der Waals surface area contributed by atoms with Crippen molar-refractivity contribution in [3.05, 3.63) is 59.7 Å². The van der Waals surface area contributed by atoms with Crippen molar-refractivity contribution in [1.29, 1.82) is 0 Å². The zero-order chi connectivity index (χ0) is 24.6. The van der Waals surface area contributed by atoms with E-state index in [1.165, 1.54) is 11.1 Å². The second kappa shape index (κ2) is 9.02. The van der Waals surface area contributed by atoms with Gasteiger partial charge in [0.15, 0.2) is 0 Å². The maximum atomic E-state index is 12.7. The van der Waals surface area contributed by atoms with Crippen molar-refractivity contribution < 1.29 is 24.2 Å². The number of carboxylic acid groups (broad SMARTS) is 1. The van der Waals surface area contributed by atoms with Crippen LogP contribution in [-0.2, 0) is 14.3 Å². The molecule has 0 aromatic heterocycles. The third-order valence-corrected chi connectivity index (χ3v) is 8.30. The van der Waals surface area contributed by atoms with Crippen LogP contribution >= 0.6 is 0 Å². The lowest BCUT2D eigenvalue weighted by molar-refractivity contribution is -0.157. The van der Waals surface area contributed by atoms with Crippen LogP contribution < -0.4 is 10.6 Å². The summed E-state index contributed by atoms with van der Waals surface area (Å²) < 4.78 is 5.59. The smallest absolute Gasteiger partial charge is 0.407 e. The van der Waals surface area contributed by atoms with Crippen LogP contribution in [0.15, 0.2) is 48.5 Å². The minimum atomic E-state index is -0.710. The van der Waals surface area contributed by atoms with Gasteiger partial charge in [0.25, 0.3) is 0 Å². The summed E-state index contributed by atoms with van der Waals surface area (Å²) in [6.45, 7) is 2.02. The molecule has 4 aliphatic carbocycles. The van der Waals surface area contributed by atoms with E-state index in [1.807, 2.05) is 24.3 Å². The standard InChI is InChI=1S/C28H32N2O5/c1-18(16-24(31)30-28-13-10-27(11-14-28,12-15-28)25(32)33)29-26(34)35-17-23-21-8-4-2-6-19(21)20-7-3-5-9-22(20)23/h2-9,18,23H,10-17H2,1H3,(H,29,34)(H,30,31)(H,32,33)/t18-,27?,28?/m0/s1. The van der Waals surface area contributed by atoms with Crippen molar-refractivity contribution >= 4 is 18.0 Å². The fourth-order valence-corrected chi connectivity index (χ4v) is 6.21. The van der Waals surface area contributed by atoms with Crippen molar-refractivity contribution in [3.8, 4) is 11.1 Å². The van der Waals surface area contributed by atoms with Crippen LogP contribution in [-0.4, -0.2) is 41.3 Å². The van der Waals surface area contributed by atoms with Crippen molar-refractivity contribution in [2.45, 2.75) is 69.4 Å². The summed E-state index contributed by atoms with van der Waals surface area (Å²) >= 11 is 0. The first-order valence-electron chi connectivity index (χ1n) is 12.5. The van der Waals surface area contributed by atoms with E-state index >= 15 is 0 Å². The summed E-state index contributed by atoms with van der Waals surface area (Å²) in [5.41, 5.74) is 3.74. The van der Waals surface area contributed by atoms with Crippen LogP contribution in [0.1, 0.15) is 68.9 Å². The number of aliphatic carboxylic acids is 1. The lowest BCUT2D eigenvalue weighted by Crippen LogP contribution is -2.58. The van der Waals surface area contributed by atoms with Crippen LogP contribution in [0.3, 0.4) is 0 Å². The lowest BCUT2D eigenvalue weighted by atomic mass is 9.57. The average molecular weight is 477 g/mol. The first-order chi connectivity index (χ1) is 16.8. The molecule has 3 fully saturated rings. The molecule has 7 heteroatoms. The van der Waals surface area contributed by atoms with E-state index in [4.69, 9.17) is 4.74 Å². The topological polar surface area (TPSA) is 105 Å². The maximum Gasteiger partial charge on any atom is 0.407 e. The van der Waals surface area contributed by atoms with Crippen LogP contribution in [0.25, 0.3) is 11.1 Å². The molecule has 2 bridgehead atoms. The monoisotopic (exact) mass is 476 g/mol. The predicted molar refractivity (Wildman–Crippen MR) is 131 cm³/mol. The molecule has 1 atom stereocenters. The Morgan fingerprint density at radius 2 is 1.49 bits per heavy atom. The van der Waals surface area contributed by atoms with E-state index < -0.39 is 17.5 Å². The summed E-state index contributed by atoms with van der Waals surface area (Å²) in [7, 11) is 0. The van der Waals surface area contributed by atoms with Gasteiger partial charge in [-0.3, -0.25) is 9.59 Å². The Hall–Kier alpha value is -3.35. The van der Waals surface area contributed by atoms with Gasteiger partial charge in [-0.25, -0.2) is 4.79 Å². The number of ether oxygens (including phenoxy) is 1. The first-order valence-corrected chi connectivity index (χ1v) is 12.5. The van der Waals surface area contributed by atoms with Gasteiger partial charge in [-0.15, -0.1) is 0 Å². The van der Waals surface area contributed by atoms with Gasteiger partial charge in [-0.2, -0.15) is 0 Å². The molecule has 6 rings (SSSR count). The second-order valence-corrected chi connectivity index (χ2v) is 10.5. The van der Waals surface area contributed by atoms with E-state index in [2.05, 4.69) is 34.9 Å². The SMILES string of the molecule is C[C@@H](CC(=O)NC12CCC(C(=O)O)(CC1)CC2)NC(=O)OCC1c2ccccc2-c2ccccc21. The molecule has 0 unspecified atom stereocenters. The highest BCUT2D eigenvalue weighted by molar-refractivity contribution is 5.80. The molecule has 4 aliphatic rings. The second-order valence-electron chi connectivity index (χ2n) is 10.5. The third kappa shape index (κ3) is 4.40. The molecule has 0 heterocycles. The van der Waals surface area contributed by atoms with Gasteiger partial charge in [0.2, 0.25) is 5.91 Å². The zero-order valence-corrected chi connectivity index (χ0v) is 20.0. The summed E-state index contributed by atoms with van der Waals surface area (Å²) in [5.74, 6) is -0.847. The maximum absolute atomic E-state index is 12.7. The number of carbonyl (C=O) groups excluding carboxylic acids is 2. The number of rotatable bonds is 7. The molecule has 0 spiro atoms. The van der Waals surface area contributed by atoms with Gasteiger partial charge in [0, 0.05) is 23.9 Å². The van der Waals surface area contributed by atoms with E-state index in [1.54, 1.807) is 6.92 Å². The van der Waals surface area contributed by atoms with Gasteiger partial charge < -0.3 is 20.5 Å². The fourth-order valence-electron chi connectivity index (χ4n) is 6.21. The van der Waals surface area contributed by atoms with Crippen LogP contribution in [0.2, 0.25) is 0 Å². The Balaban J connectivity index is 1.11. The van der Waals surface area contributed by atoms with Crippen LogP contribution in [0.4, 0.5) is 4.79 Å². The Kier molecular flexibility index (Phi) is 6.03. The van der Waals surface area contributed by atoms with Gasteiger partial charge in [-0.05, 0) is 67.7 Å². The van der Waals surface area contributed by atoms with Crippen molar-refractivity contribution in [2.75, 3.05) is 6.61 Å². The molecule has 7 nitrogen and oxygen atoms in total. The molecule has 2 aromatic carbocycles. The molecular formula is C28H32N2O5. The highest BCUT2D eigenvalue weighted by atomic mass is 16.5. The van der Waals surface area contributed by atoms with E-state index in [9.17, 15) is 19.5 Å². The highest BCUT2D eigenvalue weighted by Crippen LogP contribution is 2.52. The van der Waals surface area contributed by atoms with Gasteiger partial charge in [-0.1, -0.05) is 48.5 Å². The number of benzene rings is 2. The van der Waals surface area contributed by atoms with Crippen molar-refractivity contribution in [1.82, 2.24) is 10.6 Å². The number of nitrogens with one attached hydrogen (secondary N) is 2. The zero-order valence-electron chi connectivity index (χ0n) is 20.0. The fraction of sp³-hybridized carbons (Fsp3) is 0.464. The molecule has 0 aliphatic heterocycles. The van der Waals surface area contributed by atoms with Crippen molar-refractivity contribution in [3.63, 3.8) is 0 Å². The number of amides is 2. The van der Waals surface area contributed by atoms with E-state index in [-0.39, 0.29) is 36.4 Å². The van der Waals surface area contributed by atoms with E-state index in [0.717, 1.165) is 11.1 Å². The molecule has 0 saturated heterocycles. The number of alkyl carbamates (subject to hydrolysis) is 1. The average Bonchev–Trinajstić information content (AvgIpc) is 3.17. The summed E-state index contributed by atoms with van der Waals surface area (Å²) in [4.78, 5) is 36.9. The van der Waals surface area contributed by atoms with Gasteiger partial charge in [0.05, 0.1) is 5.41 Å². The molecule has 35 heavy (non-hydrogen) atoms. The highest BCUT2D eigenvalue weighted by Gasteiger charge is 2.53. The minimum Gasteiger partial charge on any atom is -0.481 e. The normalized spacial score (nSPS) is 25.3. The molecule has 2 aromatic rings. The summed E-state index contributed by atoms with van der Waals surface area (Å²) in [6.07, 6.45) is 3.52. The Bertz CT molecular complexity index is 1090. The minimum absolute atomic E-state index is 0.0126. The summed E-state index contributed by atoms with van der Waals surface area (Å²) in [5, 5.41) is 15.5. The van der Waals surface area contributed by atoms with Gasteiger partial charge >= 0.3 is 12.1 Å². The number of hydrogen-bond acceptors (Lipinski definition) is 4. The molecule has 2 amide bonds. The Labute approximate surface area is 205 Å². The van der Waals surface area contributed by atoms with E-state index in [0.29, 0.717) is 38.5 Å². The largest absolute Gasteiger partial charge is 0.481 e. The number of carboxylic acids is 1. The quantitative estimate of drug-likeness (QED) is 0.542. The van der Waals surface area contributed by atoms with Crippen LogP contribution in [0.5, 0.6) is 0 Å². The molecular weight excluding hydrogens is 444 g/mol. The Morgan fingerprint density at radius 3 is 2.03 bits per heavy atom. The van der Waals surface area contributed by atoms with Crippen molar-refractivity contribution in [2.24, 2.45) is 5.41 Å². The molecule has 3 N–H and O–H groups in total. The van der Waals surface area contributed by atoms with Crippen LogP contribution in [0, 0.1) is 5.41 Å². The first kappa shape index (κ1) is 23.4. The lowest BCUT2D eigenvalue weighted by Gasteiger charge is -2.51. The third-order valence-electron chi connectivity index (χ3n) is 8.30. The number of carbonyl (C=O) groups is 3.